The third-order valence-electron chi connectivity index (χ3n) is 5.04. The van der Waals surface area contributed by atoms with E-state index in [0.717, 1.165) is 24.1 Å². The second-order valence-corrected chi connectivity index (χ2v) is 8.47. The molecular formula is C17H26N2O3S. The Balaban J connectivity index is 2.28. The van der Waals surface area contributed by atoms with Crippen molar-refractivity contribution < 1.29 is 13.5 Å². The lowest BCUT2D eigenvalue weighted by atomic mass is 9.65. The first-order valence-electron chi connectivity index (χ1n) is 8.01. The molecular weight excluding hydrogens is 312 g/mol. The molecule has 1 saturated carbocycles. The standard InChI is InChI=1S/C17H26N2O3S/c1-12(2)17(4)15(6-5-7-16(17)20)18-19-23(21,22)14-10-8-13(3)9-11-14/h8-12,16,19-20H,5-7H2,1-4H3/b18-15+/t16-,17+/m0/s1. The van der Waals surface area contributed by atoms with Crippen LogP contribution in [0, 0.1) is 18.3 Å². The van der Waals surface area contributed by atoms with Crippen LogP contribution in [0.25, 0.3) is 0 Å². The summed E-state index contributed by atoms with van der Waals surface area (Å²) in [5.41, 5.74) is 1.22. The lowest BCUT2D eigenvalue weighted by Crippen LogP contribution is -2.47. The summed E-state index contributed by atoms with van der Waals surface area (Å²) < 4.78 is 24.7. The van der Waals surface area contributed by atoms with Crippen molar-refractivity contribution >= 4 is 15.7 Å². The monoisotopic (exact) mass is 338 g/mol. The van der Waals surface area contributed by atoms with Gasteiger partial charge in [0.2, 0.25) is 0 Å². The highest BCUT2D eigenvalue weighted by molar-refractivity contribution is 7.89. The first kappa shape index (κ1) is 17.9. The molecule has 1 fully saturated rings. The Kier molecular flexibility index (Phi) is 5.16. The summed E-state index contributed by atoms with van der Waals surface area (Å²) in [7, 11) is -3.69. The first-order valence-corrected chi connectivity index (χ1v) is 9.50. The molecule has 0 aliphatic heterocycles. The minimum atomic E-state index is -3.69. The van der Waals surface area contributed by atoms with E-state index in [9.17, 15) is 13.5 Å². The van der Waals surface area contributed by atoms with Crippen LogP contribution in [0.4, 0.5) is 0 Å². The average molecular weight is 338 g/mol. The van der Waals surface area contributed by atoms with Gasteiger partial charge in [-0.3, -0.25) is 0 Å². The van der Waals surface area contributed by atoms with Crippen molar-refractivity contribution in [1.82, 2.24) is 4.83 Å². The fourth-order valence-electron chi connectivity index (χ4n) is 3.00. The minimum absolute atomic E-state index is 0.167. The molecule has 1 aromatic carbocycles. The van der Waals surface area contributed by atoms with E-state index in [0.29, 0.717) is 6.42 Å². The molecule has 2 atom stereocenters. The van der Waals surface area contributed by atoms with E-state index in [2.05, 4.69) is 9.93 Å². The van der Waals surface area contributed by atoms with Crippen LogP contribution in [0.3, 0.4) is 0 Å². The van der Waals surface area contributed by atoms with Crippen LogP contribution in [0.15, 0.2) is 34.3 Å². The zero-order valence-electron chi connectivity index (χ0n) is 14.2. The minimum Gasteiger partial charge on any atom is -0.392 e. The zero-order valence-corrected chi connectivity index (χ0v) is 15.0. The van der Waals surface area contributed by atoms with Crippen molar-refractivity contribution in [2.24, 2.45) is 16.4 Å². The quantitative estimate of drug-likeness (QED) is 0.829. The molecule has 1 aromatic rings. The second kappa shape index (κ2) is 6.61. The molecule has 128 valence electrons. The number of aliphatic hydroxyl groups excluding tert-OH is 1. The second-order valence-electron chi connectivity index (χ2n) is 6.81. The summed E-state index contributed by atoms with van der Waals surface area (Å²) in [4.78, 5) is 2.53. The van der Waals surface area contributed by atoms with E-state index in [4.69, 9.17) is 0 Å². The van der Waals surface area contributed by atoms with Crippen LogP contribution in [-0.4, -0.2) is 25.3 Å². The smallest absolute Gasteiger partial charge is 0.276 e. The fourth-order valence-corrected chi connectivity index (χ4v) is 3.83. The molecule has 0 unspecified atom stereocenters. The van der Waals surface area contributed by atoms with Crippen molar-refractivity contribution in [3.63, 3.8) is 0 Å². The summed E-state index contributed by atoms with van der Waals surface area (Å²) in [5, 5.41) is 14.6. The van der Waals surface area contributed by atoms with Gasteiger partial charge in [-0.2, -0.15) is 13.5 Å². The van der Waals surface area contributed by atoms with Gasteiger partial charge in [0.15, 0.2) is 0 Å². The van der Waals surface area contributed by atoms with Crippen molar-refractivity contribution in [3.8, 4) is 0 Å². The number of nitrogens with zero attached hydrogens (tertiary/aromatic N) is 1. The van der Waals surface area contributed by atoms with Gasteiger partial charge >= 0.3 is 0 Å². The Morgan fingerprint density at radius 1 is 1.30 bits per heavy atom. The van der Waals surface area contributed by atoms with E-state index < -0.39 is 21.5 Å². The van der Waals surface area contributed by atoms with E-state index in [1.165, 1.54) is 0 Å². The Hall–Kier alpha value is -1.40. The Labute approximate surface area is 138 Å². The lowest BCUT2D eigenvalue weighted by molar-refractivity contribution is 0.0340. The van der Waals surface area contributed by atoms with E-state index >= 15 is 0 Å². The summed E-state index contributed by atoms with van der Waals surface area (Å²) in [6, 6.07) is 6.64. The van der Waals surface area contributed by atoms with Gasteiger partial charge in [-0.1, -0.05) is 38.5 Å². The lowest BCUT2D eigenvalue weighted by Gasteiger charge is -2.42. The predicted molar refractivity (Wildman–Crippen MR) is 91.7 cm³/mol. The topological polar surface area (TPSA) is 78.8 Å². The highest BCUT2D eigenvalue weighted by Crippen LogP contribution is 2.40. The molecule has 0 amide bonds. The summed E-state index contributed by atoms with van der Waals surface area (Å²) in [6.07, 6.45) is 1.73. The molecule has 2 rings (SSSR count). The molecule has 6 heteroatoms. The molecule has 5 nitrogen and oxygen atoms in total. The average Bonchev–Trinajstić information content (AvgIpc) is 2.49. The van der Waals surface area contributed by atoms with Crippen molar-refractivity contribution in [3.05, 3.63) is 29.8 Å². The van der Waals surface area contributed by atoms with Gasteiger partial charge in [-0.25, -0.2) is 4.83 Å². The van der Waals surface area contributed by atoms with E-state index in [1.807, 2.05) is 27.7 Å². The largest absolute Gasteiger partial charge is 0.392 e. The number of hydrogen-bond donors (Lipinski definition) is 2. The van der Waals surface area contributed by atoms with Gasteiger partial charge < -0.3 is 5.11 Å². The third kappa shape index (κ3) is 3.58. The number of aryl methyl sites for hydroxylation is 1. The number of rotatable bonds is 4. The van der Waals surface area contributed by atoms with Gasteiger partial charge in [0.25, 0.3) is 10.0 Å². The SMILES string of the molecule is Cc1ccc(S(=O)(=O)N/N=C2\CCC[C@H](O)[C@]2(C)C(C)C)cc1. The van der Waals surface area contributed by atoms with Crippen molar-refractivity contribution in [2.75, 3.05) is 0 Å². The Bertz CT molecular complexity index is 680. The molecule has 0 aromatic heterocycles. The number of hydrogen-bond acceptors (Lipinski definition) is 4. The summed E-state index contributed by atoms with van der Waals surface area (Å²) >= 11 is 0. The molecule has 0 heterocycles. The van der Waals surface area contributed by atoms with E-state index in [-0.39, 0.29) is 10.8 Å². The number of aliphatic hydroxyl groups is 1. The van der Waals surface area contributed by atoms with Crippen molar-refractivity contribution in [1.29, 1.82) is 0 Å². The van der Waals surface area contributed by atoms with Crippen LogP contribution >= 0.6 is 0 Å². The predicted octanol–water partition coefficient (Wildman–Crippen LogP) is 2.84. The van der Waals surface area contributed by atoms with Gasteiger partial charge in [0.05, 0.1) is 11.0 Å². The normalized spacial score (nSPS) is 27.4. The molecule has 1 aliphatic rings. The zero-order chi connectivity index (χ0) is 17.3. The van der Waals surface area contributed by atoms with Gasteiger partial charge in [0, 0.05) is 11.1 Å². The highest BCUT2D eigenvalue weighted by Gasteiger charge is 2.43. The molecule has 0 saturated heterocycles. The molecule has 0 radical (unpaired) electrons. The van der Waals surface area contributed by atoms with Gasteiger partial charge in [0.1, 0.15) is 0 Å². The van der Waals surface area contributed by atoms with E-state index in [1.54, 1.807) is 24.3 Å². The van der Waals surface area contributed by atoms with Crippen molar-refractivity contribution in [2.45, 2.75) is 58.0 Å². The number of benzene rings is 1. The Morgan fingerprint density at radius 2 is 1.91 bits per heavy atom. The fraction of sp³-hybridized carbons (Fsp3) is 0.588. The summed E-state index contributed by atoms with van der Waals surface area (Å²) in [6.45, 7) is 7.92. The maximum atomic E-state index is 12.4. The number of nitrogens with one attached hydrogen (secondary N) is 1. The number of sulfonamides is 1. The van der Waals surface area contributed by atoms with Crippen LogP contribution in [0.2, 0.25) is 0 Å². The maximum absolute atomic E-state index is 12.4. The van der Waals surface area contributed by atoms with Crippen LogP contribution in [-0.2, 0) is 10.0 Å². The third-order valence-corrected chi connectivity index (χ3v) is 6.26. The summed E-state index contributed by atoms with van der Waals surface area (Å²) in [5.74, 6) is 0.167. The number of hydrazone groups is 1. The van der Waals surface area contributed by atoms with Crippen LogP contribution < -0.4 is 4.83 Å². The van der Waals surface area contributed by atoms with Crippen LogP contribution in [0.5, 0.6) is 0 Å². The molecule has 1 aliphatic carbocycles. The Morgan fingerprint density at radius 3 is 2.48 bits per heavy atom. The maximum Gasteiger partial charge on any atom is 0.276 e. The van der Waals surface area contributed by atoms with Crippen LogP contribution in [0.1, 0.15) is 45.6 Å². The highest BCUT2D eigenvalue weighted by atomic mass is 32.2. The molecule has 2 N–H and O–H groups in total. The molecule has 0 bridgehead atoms. The van der Waals surface area contributed by atoms with Gasteiger partial charge in [-0.15, -0.1) is 0 Å². The molecule has 23 heavy (non-hydrogen) atoms. The molecule has 0 spiro atoms. The van der Waals surface area contributed by atoms with Gasteiger partial charge in [-0.05, 0) is 44.2 Å². The first-order chi connectivity index (χ1) is 10.7.